The van der Waals surface area contributed by atoms with Crippen LogP contribution in [0.5, 0.6) is 0 Å². The highest BCUT2D eigenvalue weighted by Crippen LogP contribution is 2.68. The number of hydrogen-bond acceptors (Lipinski definition) is 7. The maximum Gasteiger partial charge on any atom is 0.137 e. The van der Waals surface area contributed by atoms with Crippen molar-refractivity contribution in [1.29, 1.82) is 0 Å². The molecular formula is C37H52F2N6O3. The second-order valence-corrected chi connectivity index (χ2v) is 16.4. The van der Waals surface area contributed by atoms with Crippen LogP contribution in [0, 0.1) is 58.0 Å². The van der Waals surface area contributed by atoms with Crippen LogP contribution in [0.4, 0.5) is 8.78 Å². The molecule has 1 unspecified atom stereocenters. The third-order valence-corrected chi connectivity index (χ3v) is 13.9. The molecule has 0 amide bonds. The van der Waals surface area contributed by atoms with E-state index < -0.39 is 17.2 Å². The molecule has 0 saturated heterocycles. The fraction of sp³-hybridized carbons (Fsp3) is 0.730. The van der Waals surface area contributed by atoms with Crippen molar-refractivity contribution in [2.24, 2.45) is 46.3 Å². The van der Waals surface area contributed by atoms with Crippen LogP contribution in [0.3, 0.4) is 0 Å². The fourth-order valence-corrected chi connectivity index (χ4v) is 11.5. The van der Waals surface area contributed by atoms with Gasteiger partial charge in [0.1, 0.15) is 29.9 Å². The van der Waals surface area contributed by atoms with Crippen LogP contribution in [-0.2, 0) is 25.1 Å². The average Bonchev–Trinajstić information content (AvgIpc) is 3.79. The lowest BCUT2D eigenvalue weighted by Gasteiger charge is -2.62. The number of aliphatic hydroxyl groups excluding tert-OH is 2. The highest BCUT2D eigenvalue weighted by atomic mass is 19.1. The van der Waals surface area contributed by atoms with Gasteiger partial charge in [0.25, 0.3) is 0 Å². The molecule has 0 bridgehead atoms. The van der Waals surface area contributed by atoms with Gasteiger partial charge in [0.2, 0.25) is 0 Å². The first-order chi connectivity index (χ1) is 22.9. The highest BCUT2D eigenvalue weighted by molar-refractivity contribution is 5.27. The van der Waals surface area contributed by atoms with Gasteiger partial charge in [-0.05, 0) is 117 Å². The number of hydrogen-bond donors (Lipinski definition) is 3. The molecule has 48 heavy (non-hydrogen) atoms. The summed E-state index contributed by atoms with van der Waals surface area (Å²) < 4.78 is 31.8. The van der Waals surface area contributed by atoms with Crippen LogP contribution in [-0.4, -0.2) is 57.3 Å². The van der Waals surface area contributed by atoms with Crippen LogP contribution in [0.15, 0.2) is 37.1 Å². The Morgan fingerprint density at radius 3 is 2.65 bits per heavy atom. The summed E-state index contributed by atoms with van der Waals surface area (Å²) in [5.41, 5.74) is -1.12. The van der Waals surface area contributed by atoms with Gasteiger partial charge in [0, 0.05) is 30.8 Å². The predicted octanol–water partition coefficient (Wildman–Crippen LogP) is 5.69. The van der Waals surface area contributed by atoms with E-state index in [4.69, 9.17) is 0 Å². The Morgan fingerprint density at radius 2 is 1.88 bits per heavy atom. The van der Waals surface area contributed by atoms with Gasteiger partial charge in [0.05, 0.1) is 24.4 Å². The molecule has 7 rings (SSSR count). The van der Waals surface area contributed by atoms with Crippen molar-refractivity contribution in [3.05, 3.63) is 59.9 Å². The Kier molecular flexibility index (Phi) is 9.03. The monoisotopic (exact) mass is 666 g/mol. The summed E-state index contributed by atoms with van der Waals surface area (Å²) in [6, 6.07) is 3.16. The van der Waals surface area contributed by atoms with Crippen LogP contribution in [0.1, 0.15) is 96.2 Å². The van der Waals surface area contributed by atoms with Gasteiger partial charge >= 0.3 is 0 Å². The molecule has 262 valence electrons. The van der Waals surface area contributed by atoms with Gasteiger partial charge in [-0.1, -0.05) is 32.1 Å². The smallest absolute Gasteiger partial charge is 0.137 e. The van der Waals surface area contributed by atoms with Crippen molar-refractivity contribution in [1.82, 2.24) is 29.8 Å². The number of rotatable bonds is 10. The van der Waals surface area contributed by atoms with Crippen molar-refractivity contribution in [3.63, 3.8) is 0 Å². The van der Waals surface area contributed by atoms with Gasteiger partial charge in [-0.25, -0.2) is 18.4 Å². The maximum absolute atomic E-state index is 14.9. The molecule has 4 aliphatic carbocycles. The lowest BCUT2D eigenvalue weighted by molar-refractivity contribution is -0.174. The molecule has 3 aromatic rings. The fourth-order valence-electron chi connectivity index (χ4n) is 11.5. The molecule has 1 aromatic carbocycles. The molecule has 0 aliphatic heterocycles. The number of fused-ring (bicyclic) bond motifs is 5. The quantitative estimate of drug-likeness (QED) is 0.254. The lowest BCUT2D eigenvalue weighted by Crippen LogP contribution is -2.58. The van der Waals surface area contributed by atoms with E-state index >= 15 is 0 Å². The van der Waals surface area contributed by atoms with Crippen molar-refractivity contribution in [2.75, 3.05) is 0 Å². The zero-order chi connectivity index (χ0) is 33.8. The van der Waals surface area contributed by atoms with E-state index in [0.717, 1.165) is 50.7 Å². The van der Waals surface area contributed by atoms with Crippen LogP contribution in [0.2, 0.25) is 0 Å². The topological polar surface area (TPSA) is 122 Å². The number of nitrogens with zero attached hydrogens (tertiary/aromatic N) is 6. The summed E-state index contributed by atoms with van der Waals surface area (Å²) in [7, 11) is 0. The third kappa shape index (κ3) is 5.91. The van der Waals surface area contributed by atoms with E-state index in [2.05, 4.69) is 41.2 Å². The Bertz CT molecular complexity index is 1570. The Morgan fingerprint density at radius 1 is 1.04 bits per heavy atom. The molecule has 0 radical (unpaired) electrons. The molecule has 3 N–H and O–H groups in total. The molecule has 2 aromatic heterocycles. The number of halogens is 2. The van der Waals surface area contributed by atoms with E-state index in [1.54, 1.807) is 10.9 Å². The second kappa shape index (κ2) is 12.8. The standard InChI is InChI=1S/C37H52F2N6O3/c1-23(29-10-11-30-28-8-6-24-15-27(46)12-13-35(24,2)32(28)17-34(47)36(29,30)3)5-4-14-44-19-26(42-43-44)18-37(48,20-45-22-40-21-41-45)31-9-7-25(38)16-33(31)39/h7,9,16,19,21-24,27-30,32,34,46-48H,4-6,8,10-15,17-18,20H2,1-3H3/t23-,24-,27-,28+,29-,30+,32+,34+,35+,36-,37?/m1/s1. The lowest BCUT2D eigenvalue weighted by atomic mass is 9.43. The number of benzene rings is 1. The molecule has 9 nitrogen and oxygen atoms in total. The van der Waals surface area contributed by atoms with Crippen molar-refractivity contribution < 1.29 is 24.1 Å². The summed E-state index contributed by atoms with van der Waals surface area (Å²) in [6.07, 6.45) is 14.6. The van der Waals surface area contributed by atoms with Gasteiger partial charge in [-0.2, -0.15) is 5.10 Å². The first kappa shape index (κ1) is 33.7. The first-order valence-corrected chi connectivity index (χ1v) is 18.2. The molecule has 4 fully saturated rings. The van der Waals surface area contributed by atoms with Crippen molar-refractivity contribution in [3.8, 4) is 0 Å². The number of aromatic nitrogens is 6. The Labute approximate surface area is 282 Å². The first-order valence-electron chi connectivity index (χ1n) is 18.2. The minimum atomic E-state index is -1.75. The molecule has 11 heteroatoms. The SMILES string of the molecule is C[C@H](CCCn1cc(CC(O)(Cn2cncn2)c2ccc(F)cc2F)nn1)[C@H]1CC[C@H]2[C@@H]3CC[C@@H]4C[C@H](O)CC[C@]4(C)[C@H]3C[C@H](O)[C@]12C. The highest BCUT2D eigenvalue weighted by Gasteiger charge is 2.63. The third-order valence-electron chi connectivity index (χ3n) is 13.9. The van der Waals surface area contributed by atoms with Gasteiger partial charge in [-0.15, -0.1) is 5.10 Å². The molecule has 4 aliphatic rings. The van der Waals surface area contributed by atoms with Crippen molar-refractivity contribution >= 4 is 0 Å². The molecule has 2 heterocycles. The van der Waals surface area contributed by atoms with E-state index in [-0.39, 0.29) is 41.6 Å². The maximum atomic E-state index is 14.9. The zero-order valence-corrected chi connectivity index (χ0v) is 28.6. The number of aliphatic hydroxyl groups is 3. The summed E-state index contributed by atoms with van der Waals surface area (Å²) in [6.45, 7) is 7.79. The molecule has 4 saturated carbocycles. The predicted molar refractivity (Wildman–Crippen MR) is 175 cm³/mol. The van der Waals surface area contributed by atoms with E-state index in [9.17, 15) is 24.1 Å². The van der Waals surface area contributed by atoms with E-state index in [1.165, 1.54) is 49.1 Å². The average molecular weight is 667 g/mol. The van der Waals surface area contributed by atoms with Gasteiger partial charge in [0.15, 0.2) is 0 Å². The molecule has 0 spiro atoms. The number of aryl methyl sites for hydroxylation is 1. The Balaban J connectivity index is 0.983. The summed E-state index contributed by atoms with van der Waals surface area (Å²) >= 11 is 0. The minimum absolute atomic E-state index is 0.0337. The van der Waals surface area contributed by atoms with Gasteiger partial charge < -0.3 is 15.3 Å². The molecular weight excluding hydrogens is 614 g/mol. The second-order valence-electron chi connectivity index (χ2n) is 16.4. The largest absolute Gasteiger partial charge is 0.393 e. The van der Waals surface area contributed by atoms with Gasteiger partial charge in [-0.3, -0.25) is 4.68 Å². The Hall–Kier alpha value is -2.76. The molecule has 11 atom stereocenters. The van der Waals surface area contributed by atoms with Crippen LogP contribution >= 0.6 is 0 Å². The zero-order valence-electron chi connectivity index (χ0n) is 28.6. The van der Waals surface area contributed by atoms with Crippen LogP contribution in [0.25, 0.3) is 0 Å². The van der Waals surface area contributed by atoms with E-state index in [0.29, 0.717) is 47.7 Å². The summed E-state index contributed by atoms with van der Waals surface area (Å²) in [5.74, 6) is 1.75. The minimum Gasteiger partial charge on any atom is -0.393 e. The van der Waals surface area contributed by atoms with Crippen LogP contribution < -0.4 is 0 Å². The van der Waals surface area contributed by atoms with Crippen molar-refractivity contribution in [2.45, 2.75) is 122 Å². The normalized spacial score (nSPS) is 36.5. The summed E-state index contributed by atoms with van der Waals surface area (Å²) in [4.78, 5) is 3.93. The summed E-state index contributed by atoms with van der Waals surface area (Å²) in [5, 5.41) is 46.7. The van der Waals surface area contributed by atoms with E-state index in [1.807, 2.05) is 0 Å².